The summed E-state index contributed by atoms with van der Waals surface area (Å²) in [6.07, 6.45) is 1.54. The van der Waals surface area contributed by atoms with Crippen LogP contribution in [0.3, 0.4) is 0 Å². The van der Waals surface area contributed by atoms with Crippen LogP contribution in [0.1, 0.15) is 29.5 Å². The standard InChI is InChI=1S/C25H24N4O6/c1-12-6-4-7-14-21(12)26-24(32)25(14)20-19(15-8-5-9-27(15)25)22(30)28(23(20)31)16-11-18(35-3)17(29(33)34)10-13(16)2/h4,6-7,10-11,15,19-20H,5,8-9H2,1-3H3,(H,26,32)/t15-,19+,20-,25-/m0/s1. The Kier molecular flexibility index (Phi) is 4.41. The van der Waals surface area contributed by atoms with Crippen molar-refractivity contribution < 1.29 is 24.0 Å². The highest BCUT2D eigenvalue weighted by Crippen LogP contribution is 2.61. The van der Waals surface area contributed by atoms with Gasteiger partial charge in [0.25, 0.3) is 0 Å². The predicted molar refractivity (Wildman–Crippen MR) is 125 cm³/mol. The van der Waals surface area contributed by atoms with Crippen LogP contribution in [0.4, 0.5) is 17.1 Å². The number of methoxy groups -OCH3 is 1. The molecule has 4 aliphatic heterocycles. The van der Waals surface area contributed by atoms with E-state index < -0.39 is 28.2 Å². The zero-order chi connectivity index (χ0) is 24.8. The van der Waals surface area contributed by atoms with Gasteiger partial charge in [0.2, 0.25) is 17.7 Å². The Balaban J connectivity index is 1.54. The molecule has 3 fully saturated rings. The molecule has 0 aliphatic carbocycles. The zero-order valence-electron chi connectivity index (χ0n) is 19.5. The van der Waals surface area contributed by atoms with Crippen LogP contribution in [0, 0.1) is 35.8 Å². The van der Waals surface area contributed by atoms with E-state index in [-0.39, 0.29) is 35.0 Å². The second-order valence-electron chi connectivity index (χ2n) is 9.70. The summed E-state index contributed by atoms with van der Waals surface area (Å²) < 4.78 is 5.20. The van der Waals surface area contributed by atoms with Gasteiger partial charge in [-0.1, -0.05) is 18.2 Å². The summed E-state index contributed by atoms with van der Waals surface area (Å²) in [5.74, 6) is -2.71. The molecular formula is C25H24N4O6. The minimum Gasteiger partial charge on any atom is -0.490 e. The summed E-state index contributed by atoms with van der Waals surface area (Å²) in [7, 11) is 1.30. The van der Waals surface area contributed by atoms with E-state index >= 15 is 0 Å². The smallest absolute Gasteiger partial charge is 0.311 e. The van der Waals surface area contributed by atoms with E-state index in [2.05, 4.69) is 10.2 Å². The lowest BCUT2D eigenvalue weighted by molar-refractivity contribution is -0.385. The Morgan fingerprint density at radius 3 is 2.63 bits per heavy atom. The summed E-state index contributed by atoms with van der Waals surface area (Å²) >= 11 is 0. The zero-order valence-corrected chi connectivity index (χ0v) is 19.5. The van der Waals surface area contributed by atoms with E-state index in [0.717, 1.165) is 22.4 Å². The largest absolute Gasteiger partial charge is 0.490 e. The van der Waals surface area contributed by atoms with E-state index in [9.17, 15) is 24.5 Å². The van der Waals surface area contributed by atoms with Gasteiger partial charge in [-0.05, 0) is 44.4 Å². The summed E-state index contributed by atoms with van der Waals surface area (Å²) in [6, 6.07) is 8.10. The number of nitrogens with one attached hydrogen (secondary N) is 1. The van der Waals surface area contributed by atoms with Gasteiger partial charge >= 0.3 is 5.69 Å². The van der Waals surface area contributed by atoms with Crippen molar-refractivity contribution in [3.63, 3.8) is 0 Å². The van der Waals surface area contributed by atoms with Gasteiger partial charge in [0.05, 0.1) is 29.6 Å². The summed E-state index contributed by atoms with van der Waals surface area (Å²) in [5, 5.41) is 14.5. The van der Waals surface area contributed by atoms with Crippen LogP contribution < -0.4 is 15.0 Å². The van der Waals surface area contributed by atoms with Gasteiger partial charge < -0.3 is 10.1 Å². The van der Waals surface area contributed by atoms with Crippen molar-refractivity contribution in [2.75, 3.05) is 23.9 Å². The molecule has 4 aliphatic rings. The molecule has 2 aromatic carbocycles. The van der Waals surface area contributed by atoms with Crippen molar-refractivity contribution in [3.8, 4) is 5.75 Å². The minimum absolute atomic E-state index is 0.0370. The first-order valence-electron chi connectivity index (χ1n) is 11.6. The molecule has 1 N–H and O–H groups in total. The molecule has 35 heavy (non-hydrogen) atoms. The number of rotatable bonds is 3. The monoisotopic (exact) mass is 476 g/mol. The molecule has 3 amide bonds. The average Bonchev–Trinajstić information content (AvgIpc) is 3.53. The number of benzene rings is 2. The highest BCUT2D eigenvalue weighted by molar-refractivity contribution is 6.26. The Labute approximate surface area is 201 Å². The number of ether oxygens (including phenoxy) is 1. The number of nitro groups is 1. The number of fused-ring (bicyclic) bond motifs is 7. The van der Waals surface area contributed by atoms with Gasteiger partial charge in [-0.25, -0.2) is 4.90 Å². The summed E-state index contributed by atoms with van der Waals surface area (Å²) in [6.45, 7) is 4.16. The number of amides is 3. The molecule has 4 heterocycles. The molecule has 3 saturated heterocycles. The first-order chi connectivity index (χ1) is 16.7. The van der Waals surface area contributed by atoms with Crippen molar-refractivity contribution in [3.05, 3.63) is 57.1 Å². The maximum absolute atomic E-state index is 14.1. The Hall–Kier alpha value is -3.79. The second-order valence-corrected chi connectivity index (χ2v) is 9.70. The third-order valence-electron chi connectivity index (χ3n) is 8.17. The molecule has 2 aromatic rings. The molecule has 6 rings (SSSR count). The van der Waals surface area contributed by atoms with Gasteiger partial charge in [0.15, 0.2) is 5.75 Å². The van der Waals surface area contributed by atoms with Gasteiger partial charge in [-0.15, -0.1) is 0 Å². The van der Waals surface area contributed by atoms with Crippen molar-refractivity contribution in [1.29, 1.82) is 0 Å². The van der Waals surface area contributed by atoms with Gasteiger partial charge in [0.1, 0.15) is 5.54 Å². The molecule has 0 radical (unpaired) electrons. The van der Waals surface area contributed by atoms with Crippen molar-refractivity contribution in [2.45, 2.75) is 38.3 Å². The molecule has 0 unspecified atom stereocenters. The fraction of sp³-hybridized carbons (Fsp3) is 0.400. The van der Waals surface area contributed by atoms with Crippen LogP contribution in [-0.2, 0) is 19.9 Å². The van der Waals surface area contributed by atoms with Crippen LogP contribution in [0.15, 0.2) is 30.3 Å². The highest BCUT2D eigenvalue weighted by atomic mass is 16.6. The molecule has 0 bridgehead atoms. The lowest BCUT2D eigenvalue weighted by atomic mass is 9.75. The van der Waals surface area contributed by atoms with Gasteiger partial charge in [0, 0.05) is 29.4 Å². The molecule has 0 aromatic heterocycles. The van der Waals surface area contributed by atoms with E-state index in [1.54, 1.807) is 6.92 Å². The van der Waals surface area contributed by atoms with Crippen LogP contribution in [0.25, 0.3) is 0 Å². The number of nitro benzene ring substituents is 1. The average molecular weight is 476 g/mol. The lowest BCUT2D eigenvalue weighted by Crippen LogP contribution is -2.54. The van der Waals surface area contributed by atoms with Crippen LogP contribution in [0.5, 0.6) is 5.75 Å². The maximum atomic E-state index is 14.1. The number of imide groups is 1. The minimum atomic E-state index is -1.26. The maximum Gasteiger partial charge on any atom is 0.311 e. The molecule has 10 nitrogen and oxygen atoms in total. The van der Waals surface area contributed by atoms with E-state index in [4.69, 9.17) is 4.74 Å². The van der Waals surface area contributed by atoms with Gasteiger partial charge in [-0.2, -0.15) is 0 Å². The Bertz CT molecular complexity index is 1360. The number of hydrogen-bond acceptors (Lipinski definition) is 7. The van der Waals surface area contributed by atoms with Crippen molar-refractivity contribution >= 4 is 34.8 Å². The first-order valence-corrected chi connectivity index (χ1v) is 11.6. The van der Waals surface area contributed by atoms with Crippen molar-refractivity contribution in [2.24, 2.45) is 11.8 Å². The first kappa shape index (κ1) is 21.7. The van der Waals surface area contributed by atoms with Gasteiger partial charge in [-0.3, -0.25) is 29.4 Å². The fourth-order valence-electron chi connectivity index (χ4n) is 6.82. The fourth-order valence-corrected chi connectivity index (χ4v) is 6.82. The third kappa shape index (κ3) is 2.49. The molecular weight excluding hydrogens is 452 g/mol. The molecule has 180 valence electrons. The molecule has 0 saturated carbocycles. The molecule has 1 spiro atoms. The summed E-state index contributed by atoms with van der Waals surface area (Å²) in [4.78, 5) is 55.9. The van der Waals surface area contributed by atoms with E-state index in [0.29, 0.717) is 24.2 Å². The number of nitrogens with zero attached hydrogens (tertiary/aromatic N) is 3. The third-order valence-corrected chi connectivity index (χ3v) is 8.17. The number of carbonyl (C=O) groups excluding carboxylic acids is 3. The second kappa shape index (κ2) is 7.11. The predicted octanol–water partition coefficient (Wildman–Crippen LogP) is 2.65. The normalized spacial score (nSPS) is 28.9. The number of carbonyl (C=O) groups is 3. The molecule has 4 atom stereocenters. The lowest BCUT2D eigenvalue weighted by Gasteiger charge is -2.36. The number of hydrogen-bond donors (Lipinski definition) is 1. The van der Waals surface area contributed by atoms with Crippen LogP contribution in [-0.4, -0.2) is 47.2 Å². The van der Waals surface area contributed by atoms with Crippen LogP contribution >= 0.6 is 0 Å². The summed E-state index contributed by atoms with van der Waals surface area (Å²) in [5.41, 5.74) is 1.50. The quantitative estimate of drug-likeness (QED) is 0.411. The number of para-hydroxylation sites is 1. The Morgan fingerprint density at radius 1 is 1.14 bits per heavy atom. The number of anilines is 2. The topological polar surface area (TPSA) is 122 Å². The molecule has 10 heteroatoms. The van der Waals surface area contributed by atoms with E-state index in [1.807, 2.05) is 25.1 Å². The van der Waals surface area contributed by atoms with Crippen molar-refractivity contribution in [1.82, 2.24) is 4.90 Å². The Morgan fingerprint density at radius 2 is 1.91 bits per heavy atom. The number of aryl methyl sites for hydroxylation is 2. The highest BCUT2D eigenvalue weighted by Gasteiger charge is 2.74. The SMILES string of the molecule is COc1cc(N2C(=O)[C@H]3[C@@H](C2=O)[C@@]2(C(=O)Nc4c(C)cccc42)N2CCC[C@@H]32)c(C)cc1[N+](=O)[O-]. The van der Waals surface area contributed by atoms with Crippen LogP contribution in [0.2, 0.25) is 0 Å². The van der Waals surface area contributed by atoms with E-state index in [1.165, 1.54) is 19.2 Å².